The summed E-state index contributed by atoms with van der Waals surface area (Å²) in [6.45, 7) is 1.05. The maximum Gasteiger partial charge on any atom is 0.201 e. The number of nitrogens with zero attached hydrogens (tertiary/aromatic N) is 2. The molecule has 0 atom stereocenters. The second-order valence-electron chi connectivity index (χ2n) is 6.12. The molecule has 2 aromatic carbocycles. The highest BCUT2D eigenvalue weighted by atomic mass is 35.5. The summed E-state index contributed by atoms with van der Waals surface area (Å²) in [4.78, 5) is 11.9. The first-order valence-electron chi connectivity index (χ1n) is 8.47. The summed E-state index contributed by atoms with van der Waals surface area (Å²) in [5.74, 6) is 1.50. The highest BCUT2D eigenvalue weighted by molar-refractivity contribution is 6.30. The van der Waals surface area contributed by atoms with Gasteiger partial charge in [-0.05, 0) is 48.0 Å². The number of hydrogen-bond donors (Lipinski definition) is 3. The first-order valence-corrected chi connectivity index (χ1v) is 8.85. The van der Waals surface area contributed by atoms with Crippen molar-refractivity contribution in [1.29, 1.82) is 0 Å². The van der Waals surface area contributed by atoms with Crippen LogP contribution in [-0.4, -0.2) is 15.0 Å². The minimum Gasteiger partial charge on any atom is -0.487 e. The number of nitrogens with one attached hydrogen (secondary N) is 2. The van der Waals surface area contributed by atoms with Crippen LogP contribution in [0.25, 0.3) is 11.0 Å². The van der Waals surface area contributed by atoms with Gasteiger partial charge in [0.25, 0.3) is 0 Å². The topological polar surface area (TPSA) is 88.8 Å². The van der Waals surface area contributed by atoms with Gasteiger partial charge in [0.05, 0.1) is 21.7 Å². The van der Waals surface area contributed by atoms with E-state index in [-0.39, 0.29) is 0 Å². The number of H-pyrrole nitrogens is 1. The van der Waals surface area contributed by atoms with Crippen LogP contribution in [0.5, 0.6) is 5.75 Å². The molecular weight excluding hydrogens is 362 g/mol. The molecule has 0 radical (unpaired) electrons. The van der Waals surface area contributed by atoms with Crippen LogP contribution in [-0.2, 0) is 13.2 Å². The van der Waals surface area contributed by atoms with Gasteiger partial charge in [-0.1, -0.05) is 23.7 Å². The molecule has 0 saturated heterocycles. The number of ether oxygens (including phenoxy) is 1. The van der Waals surface area contributed by atoms with Crippen LogP contribution in [0.3, 0.4) is 0 Å². The molecule has 0 aliphatic carbocycles. The summed E-state index contributed by atoms with van der Waals surface area (Å²) in [5, 5.41) is 3.90. The number of fused-ring (bicyclic) bond motifs is 1. The molecule has 0 fully saturated rings. The molecule has 0 spiro atoms. The Morgan fingerprint density at radius 1 is 1.07 bits per heavy atom. The normalized spacial score (nSPS) is 10.9. The Labute approximate surface area is 161 Å². The summed E-state index contributed by atoms with van der Waals surface area (Å²) in [6, 6.07) is 17.2. The van der Waals surface area contributed by atoms with Crippen LogP contribution >= 0.6 is 11.6 Å². The Kier molecular flexibility index (Phi) is 4.80. The third-order valence-electron chi connectivity index (χ3n) is 4.06. The van der Waals surface area contributed by atoms with Gasteiger partial charge in [0.1, 0.15) is 12.4 Å². The van der Waals surface area contributed by atoms with Crippen molar-refractivity contribution in [3.05, 3.63) is 77.1 Å². The van der Waals surface area contributed by atoms with Crippen molar-refractivity contribution in [3.63, 3.8) is 0 Å². The van der Waals surface area contributed by atoms with Crippen LogP contribution in [0.15, 0.2) is 60.8 Å². The Balaban J connectivity index is 1.33. The van der Waals surface area contributed by atoms with Crippen molar-refractivity contribution in [2.24, 2.45) is 0 Å². The molecule has 0 aliphatic heterocycles. The quantitative estimate of drug-likeness (QED) is 0.432. The molecule has 4 rings (SSSR count). The molecule has 0 unspecified atom stereocenters. The number of nitrogen functional groups attached to an aromatic ring is 1. The molecule has 0 bridgehead atoms. The molecule has 7 heteroatoms. The summed E-state index contributed by atoms with van der Waals surface area (Å²) >= 11 is 5.83. The van der Waals surface area contributed by atoms with E-state index < -0.39 is 0 Å². The first-order chi connectivity index (χ1) is 13.2. The number of halogens is 1. The number of anilines is 2. The van der Waals surface area contributed by atoms with E-state index in [1.807, 2.05) is 48.5 Å². The molecule has 0 aliphatic rings. The van der Waals surface area contributed by atoms with E-state index in [0.29, 0.717) is 29.8 Å². The minimum absolute atomic E-state index is 0.400. The third-order valence-corrected chi connectivity index (χ3v) is 4.29. The van der Waals surface area contributed by atoms with Gasteiger partial charge < -0.3 is 20.8 Å². The van der Waals surface area contributed by atoms with E-state index in [2.05, 4.69) is 20.3 Å². The molecule has 4 aromatic rings. The lowest BCUT2D eigenvalue weighted by molar-refractivity contribution is 0.301. The molecule has 4 N–H and O–H groups in total. The molecule has 0 amide bonds. The Morgan fingerprint density at radius 2 is 1.93 bits per heavy atom. The van der Waals surface area contributed by atoms with Crippen molar-refractivity contribution >= 4 is 34.3 Å². The average molecular weight is 380 g/mol. The number of nitrogens with two attached hydrogens (primary N) is 1. The van der Waals surface area contributed by atoms with Crippen LogP contribution in [0, 0.1) is 0 Å². The summed E-state index contributed by atoms with van der Waals surface area (Å²) in [6.07, 6.45) is 1.61. The number of benzene rings is 2. The summed E-state index contributed by atoms with van der Waals surface area (Å²) in [5.41, 5.74) is 10.2. The van der Waals surface area contributed by atoms with Gasteiger partial charge in [0.2, 0.25) is 5.95 Å². The van der Waals surface area contributed by atoms with Crippen molar-refractivity contribution in [2.75, 3.05) is 11.1 Å². The molecule has 2 heterocycles. The third kappa shape index (κ3) is 4.30. The fraction of sp³-hybridized carbons (Fsp3) is 0.100. The minimum atomic E-state index is 0.400. The van der Waals surface area contributed by atoms with E-state index in [1.54, 1.807) is 12.3 Å². The maximum absolute atomic E-state index is 5.83. The molecule has 136 valence electrons. The highest BCUT2D eigenvalue weighted by Crippen LogP contribution is 2.19. The number of aromatic nitrogens is 3. The molecule has 0 saturated carbocycles. The number of rotatable bonds is 6. The maximum atomic E-state index is 5.83. The Hall–Kier alpha value is -3.25. The van der Waals surface area contributed by atoms with Gasteiger partial charge in [0.15, 0.2) is 0 Å². The van der Waals surface area contributed by atoms with Crippen LogP contribution in [0.4, 0.5) is 11.6 Å². The molecule has 2 aromatic heterocycles. The molecule has 27 heavy (non-hydrogen) atoms. The second kappa shape index (κ2) is 7.55. The Bertz CT molecular complexity index is 1040. The first kappa shape index (κ1) is 17.2. The van der Waals surface area contributed by atoms with E-state index in [0.717, 1.165) is 28.0 Å². The fourth-order valence-corrected chi connectivity index (χ4v) is 2.76. The highest BCUT2D eigenvalue weighted by Gasteiger charge is 2.03. The lowest BCUT2D eigenvalue weighted by atomic mass is 10.2. The SMILES string of the molecule is Nc1ccc2nc(NCc3ccc(OCc4ccc(Cl)cn4)cc3)[nH]c2c1. The molecule has 6 nitrogen and oxygen atoms in total. The van der Waals surface area contributed by atoms with Crippen molar-refractivity contribution in [1.82, 2.24) is 15.0 Å². The lowest BCUT2D eigenvalue weighted by Gasteiger charge is -2.07. The largest absolute Gasteiger partial charge is 0.487 e. The van der Waals surface area contributed by atoms with E-state index in [4.69, 9.17) is 22.1 Å². The van der Waals surface area contributed by atoms with E-state index in [9.17, 15) is 0 Å². The Morgan fingerprint density at radius 3 is 2.70 bits per heavy atom. The second-order valence-corrected chi connectivity index (χ2v) is 6.55. The van der Waals surface area contributed by atoms with Gasteiger partial charge in [-0.25, -0.2) is 4.98 Å². The predicted octanol–water partition coefficient (Wildman–Crippen LogP) is 4.38. The number of aromatic amines is 1. The zero-order valence-electron chi connectivity index (χ0n) is 14.4. The zero-order chi connectivity index (χ0) is 18.6. The lowest BCUT2D eigenvalue weighted by Crippen LogP contribution is -2.01. The monoisotopic (exact) mass is 379 g/mol. The van der Waals surface area contributed by atoms with Gasteiger partial charge in [0, 0.05) is 18.4 Å². The van der Waals surface area contributed by atoms with Crippen molar-refractivity contribution in [2.45, 2.75) is 13.2 Å². The number of imidazole rings is 1. The van der Waals surface area contributed by atoms with Crippen molar-refractivity contribution in [3.8, 4) is 5.75 Å². The van der Waals surface area contributed by atoms with Gasteiger partial charge in [-0.3, -0.25) is 4.98 Å². The van der Waals surface area contributed by atoms with E-state index in [1.165, 1.54) is 0 Å². The summed E-state index contributed by atoms with van der Waals surface area (Å²) < 4.78 is 5.74. The van der Waals surface area contributed by atoms with E-state index >= 15 is 0 Å². The predicted molar refractivity (Wildman–Crippen MR) is 108 cm³/mol. The van der Waals surface area contributed by atoms with Crippen LogP contribution in [0.2, 0.25) is 5.02 Å². The van der Waals surface area contributed by atoms with Crippen LogP contribution in [0.1, 0.15) is 11.3 Å². The smallest absolute Gasteiger partial charge is 0.201 e. The van der Waals surface area contributed by atoms with Crippen LogP contribution < -0.4 is 15.8 Å². The van der Waals surface area contributed by atoms with Gasteiger partial charge >= 0.3 is 0 Å². The zero-order valence-corrected chi connectivity index (χ0v) is 15.2. The molecular formula is C20H18ClN5O. The number of hydrogen-bond acceptors (Lipinski definition) is 5. The van der Waals surface area contributed by atoms with Crippen molar-refractivity contribution < 1.29 is 4.74 Å². The fourth-order valence-electron chi connectivity index (χ4n) is 2.65. The van der Waals surface area contributed by atoms with Gasteiger partial charge in [-0.2, -0.15) is 0 Å². The standard InChI is InChI=1S/C20H18ClN5O/c21-14-3-5-16(23-11-14)12-27-17-6-1-13(2-7-17)10-24-20-25-18-8-4-15(22)9-19(18)26-20/h1-9,11H,10,12,22H2,(H2,24,25,26). The number of pyridine rings is 1. The summed E-state index contributed by atoms with van der Waals surface area (Å²) in [7, 11) is 0. The average Bonchev–Trinajstić information content (AvgIpc) is 3.09. The van der Waals surface area contributed by atoms with Gasteiger partial charge in [-0.15, -0.1) is 0 Å².